The molecule has 0 saturated carbocycles. The summed E-state index contributed by atoms with van der Waals surface area (Å²) in [5.74, 6) is -1.29. The number of hydrogen-bond donors (Lipinski definition) is 1. The number of nitrogens with two attached hydrogens (primary N) is 1. The first-order valence-corrected chi connectivity index (χ1v) is 12.8. The number of anilines is 1. The Bertz CT molecular complexity index is 1550. The Hall–Kier alpha value is -4.40. The molecule has 1 aromatic carbocycles. The fraction of sp³-hybridized carbons (Fsp3) is 0.267. The highest BCUT2D eigenvalue weighted by Crippen LogP contribution is 2.31. The Labute approximate surface area is 224 Å². The van der Waals surface area contributed by atoms with E-state index < -0.39 is 5.92 Å². The fourth-order valence-corrected chi connectivity index (χ4v) is 4.57. The van der Waals surface area contributed by atoms with Crippen molar-refractivity contribution in [3.63, 3.8) is 0 Å². The minimum Gasteiger partial charge on any atom is -0.461 e. The highest BCUT2D eigenvalue weighted by Gasteiger charge is 2.35. The van der Waals surface area contributed by atoms with Gasteiger partial charge < -0.3 is 15.1 Å². The van der Waals surface area contributed by atoms with Crippen LogP contribution in [0.5, 0.6) is 0 Å². The molecule has 0 aliphatic carbocycles. The molecule has 39 heavy (non-hydrogen) atoms. The maximum absolute atomic E-state index is 13.5. The molecule has 1 amide bonds. The number of nitrogen functional groups attached to an aromatic ring is 1. The van der Waals surface area contributed by atoms with Crippen molar-refractivity contribution in [1.82, 2.24) is 14.9 Å². The molecule has 0 unspecified atom stereocenters. The summed E-state index contributed by atoms with van der Waals surface area (Å²) in [6.07, 6.45) is 6.41. The van der Waals surface area contributed by atoms with Gasteiger partial charge in [0.05, 0.1) is 11.1 Å². The molecule has 0 radical (unpaired) electrons. The minimum absolute atomic E-state index is 0.0229. The van der Waals surface area contributed by atoms with Crippen molar-refractivity contribution in [2.24, 2.45) is 0 Å². The Morgan fingerprint density at radius 3 is 2.62 bits per heavy atom. The average molecular weight is 531 g/mol. The molecule has 9 heteroatoms. The molecule has 1 fully saturated rings. The number of aromatic nitrogens is 2. The number of nitrogens with zero attached hydrogens (tertiary/aromatic N) is 3. The number of halogens is 2. The van der Waals surface area contributed by atoms with E-state index in [2.05, 4.69) is 9.97 Å². The number of alkyl halides is 2. The average Bonchev–Trinajstić information content (AvgIpc) is 3.39. The van der Waals surface area contributed by atoms with E-state index in [1.165, 1.54) is 17.2 Å². The molecule has 200 valence electrons. The lowest BCUT2D eigenvalue weighted by atomic mass is 10.0. The molecule has 0 bridgehead atoms. The Balaban J connectivity index is 1.27. The molecule has 0 atom stereocenters. The van der Waals surface area contributed by atoms with Gasteiger partial charge in [0.15, 0.2) is 5.78 Å². The number of amides is 1. The fourth-order valence-electron chi connectivity index (χ4n) is 4.57. The van der Waals surface area contributed by atoms with Crippen molar-refractivity contribution in [3.8, 4) is 11.3 Å². The quantitative estimate of drug-likeness (QED) is 0.300. The van der Waals surface area contributed by atoms with Gasteiger partial charge in [-0.25, -0.2) is 13.8 Å². The number of pyridine rings is 2. The van der Waals surface area contributed by atoms with Crippen molar-refractivity contribution in [2.75, 3.05) is 18.8 Å². The third-order valence-electron chi connectivity index (χ3n) is 6.87. The first-order valence-electron chi connectivity index (χ1n) is 12.8. The van der Waals surface area contributed by atoms with E-state index in [1.807, 2.05) is 31.2 Å². The Morgan fingerprint density at radius 1 is 1.08 bits per heavy atom. The standard InChI is InChI=1S/C30H28F2N4O3/c1-19-14-26-21(15-22(18-34-26)29(38)36-12-10-30(31,32)11-13-36)16-25(19)27-8-7-24(39-27)6-5-23(37)4-2-20-3-9-28(33)35-17-20/h2-4,7-9,14-18H,5-6,10-13H2,1H3,(H2,33,35)/b4-2+. The second-order valence-corrected chi connectivity index (χ2v) is 9.81. The number of piperidine rings is 1. The van der Waals surface area contributed by atoms with Crippen molar-refractivity contribution < 1.29 is 22.8 Å². The number of rotatable bonds is 7. The molecule has 4 aromatic rings. The number of aryl methyl sites for hydroxylation is 2. The molecular weight excluding hydrogens is 502 g/mol. The van der Waals surface area contributed by atoms with Crippen LogP contribution < -0.4 is 5.73 Å². The third kappa shape index (κ3) is 6.19. The van der Waals surface area contributed by atoms with E-state index in [0.29, 0.717) is 35.7 Å². The van der Waals surface area contributed by atoms with Crippen LogP contribution in [0.1, 0.15) is 46.5 Å². The zero-order chi connectivity index (χ0) is 27.6. The van der Waals surface area contributed by atoms with Crippen LogP contribution in [0.2, 0.25) is 0 Å². The molecule has 7 nitrogen and oxygen atoms in total. The molecule has 3 aromatic heterocycles. The van der Waals surface area contributed by atoms with Crippen molar-refractivity contribution in [2.45, 2.75) is 38.5 Å². The Morgan fingerprint density at radius 2 is 1.87 bits per heavy atom. The monoisotopic (exact) mass is 530 g/mol. The van der Waals surface area contributed by atoms with Crippen molar-refractivity contribution in [3.05, 3.63) is 83.4 Å². The van der Waals surface area contributed by atoms with Crippen LogP contribution in [0.15, 0.2) is 65.4 Å². The lowest BCUT2D eigenvalue weighted by molar-refractivity contribution is -0.114. The summed E-state index contributed by atoms with van der Waals surface area (Å²) < 4.78 is 33.1. The number of allylic oxidation sites excluding steroid dienone is 1. The number of carbonyl (C=O) groups excluding carboxylic acids is 2. The van der Waals surface area contributed by atoms with Gasteiger partial charge in [-0.2, -0.15) is 0 Å². The predicted octanol–water partition coefficient (Wildman–Crippen LogP) is 5.87. The van der Waals surface area contributed by atoms with Gasteiger partial charge in [0.25, 0.3) is 11.8 Å². The van der Waals surface area contributed by atoms with Crippen LogP contribution in [0.3, 0.4) is 0 Å². The van der Waals surface area contributed by atoms with Crippen LogP contribution in [0.4, 0.5) is 14.6 Å². The topological polar surface area (TPSA) is 102 Å². The second-order valence-electron chi connectivity index (χ2n) is 9.81. The van der Waals surface area contributed by atoms with E-state index in [0.717, 1.165) is 27.6 Å². The van der Waals surface area contributed by atoms with Crippen LogP contribution in [0.25, 0.3) is 28.3 Å². The van der Waals surface area contributed by atoms with E-state index in [9.17, 15) is 18.4 Å². The third-order valence-corrected chi connectivity index (χ3v) is 6.87. The number of hydrogen-bond acceptors (Lipinski definition) is 6. The first-order chi connectivity index (χ1) is 18.7. The molecular formula is C30H28F2N4O3. The zero-order valence-corrected chi connectivity index (χ0v) is 21.5. The SMILES string of the molecule is Cc1cc2ncc(C(=O)N3CCC(F)(F)CC3)cc2cc1-c1ccc(CCC(=O)/C=C/c2ccc(N)nc2)o1. The number of ketones is 1. The highest BCUT2D eigenvalue weighted by atomic mass is 19.3. The molecule has 1 aliphatic heterocycles. The zero-order valence-electron chi connectivity index (χ0n) is 21.5. The van der Waals surface area contributed by atoms with Gasteiger partial charge in [0, 0.05) is 62.1 Å². The lowest BCUT2D eigenvalue weighted by Gasteiger charge is -2.31. The summed E-state index contributed by atoms with van der Waals surface area (Å²) >= 11 is 0. The smallest absolute Gasteiger partial charge is 0.255 e. The maximum atomic E-state index is 13.5. The number of carbonyl (C=O) groups is 2. The molecule has 5 rings (SSSR count). The Kier molecular flexibility index (Phi) is 7.24. The van der Waals surface area contributed by atoms with Crippen molar-refractivity contribution in [1.29, 1.82) is 0 Å². The van der Waals surface area contributed by atoms with Gasteiger partial charge in [-0.1, -0.05) is 0 Å². The number of likely N-dealkylation sites (tertiary alicyclic amines) is 1. The predicted molar refractivity (Wildman–Crippen MR) is 145 cm³/mol. The summed E-state index contributed by atoms with van der Waals surface area (Å²) in [6.45, 7) is 2.00. The molecule has 1 aliphatic rings. The largest absolute Gasteiger partial charge is 0.461 e. The van der Waals surface area contributed by atoms with Crippen LogP contribution >= 0.6 is 0 Å². The van der Waals surface area contributed by atoms with Crippen LogP contribution in [0, 0.1) is 6.92 Å². The lowest BCUT2D eigenvalue weighted by Crippen LogP contribution is -2.42. The van der Waals surface area contributed by atoms with E-state index in [-0.39, 0.29) is 37.6 Å². The molecule has 1 saturated heterocycles. The molecule has 0 spiro atoms. The summed E-state index contributed by atoms with van der Waals surface area (Å²) in [4.78, 5) is 35.1. The first kappa shape index (κ1) is 26.2. The van der Waals surface area contributed by atoms with Gasteiger partial charge in [-0.15, -0.1) is 0 Å². The van der Waals surface area contributed by atoms with E-state index in [1.54, 1.807) is 30.5 Å². The normalized spacial score (nSPS) is 15.2. The summed E-state index contributed by atoms with van der Waals surface area (Å²) in [5.41, 5.74) is 9.25. The summed E-state index contributed by atoms with van der Waals surface area (Å²) in [7, 11) is 0. The number of furan rings is 1. The summed E-state index contributed by atoms with van der Waals surface area (Å²) in [6, 6.07) is 12.8. The highest BCUT2D eigenvalue weighted by molar-refractivity contribution is 5.98. The van der Waals surface area contributed by atoms with Gasteiger partial charge in [0.1, 0.15) is 17.3 Å². The van der Waals surface area contributed by atoms with Crippen LogP contribution in [-0.4, -0.2) is 45.6 Å². The number of fused-ring (bicyclic) bond motifs is 1. The van der Waals surface area contributed by atoms with Crippen LogP contribution in [-0.2, 0) is 11.2 Å². The molecule has 2 N–H and O–H groups in total. The maximum Gasteiger partial charge on any atom is 0.255 e. The van der Waals surface area contributed by atoms with E-state index in [4.69, 9.17) is 10.2 Å². The number of benzene rings is 1. The molecule has 4 heterocycles. The van der Waals surface area contributed by atoms with E-state index >= 15 is 0 Å². The second kappa shape index (κ2) is 10.8. The van der Waals surface area contributed by atoms with Gasteiger partial charge in [0.2, 0.25) is 0 Å². The minimum atomic E-state index is -2.72. The van der Waals surface area contributed by atoms with Gasteiger partial charge >= 0.3 is 0 Å². The van der Waals surface area contributed by atoms with Gasteiger partial charge in [-0.3, -0.25) is 14.6 Å². The van der Waals surface area contributed by atoms with Crippen molar-refractivity contribution >= 4 is 34.5 Å². The van der Waals surface area contributed by atoms with Gasteiger partial charge in [-0.05, 0) is 72.7 Å². The summed E-state index contributed by atoms with van der Waals surface area (Å²) in [5, 5.41) is 0.749.